The molecule has 6 heteroatoms. The van der Waals surface area contributed by atoms with Gasteiger partial charge in [0.05, 0.1) is 11.9 Å². The van der Waals surface area contributed by atoms with Crippen LogP contribution in [0.4, 0.5) is 5.82 Å². The lowest BCUT2D eigenvalue weighted by Crippen LogP contribution is -2.34. The fraction of sp³-hybridized carbons (Fsp3) is 0.476. The molecule has 2 aromatic rings. The van der Waals surface area contributed by atoms with Gasteiger partial charge in [0.15, 0.2) is 0 Å². The summed E-state index contributed by atoms with van der Waals surface area (Å²) in [6.45, 7) is 10.2. The van der Waals surface area contributed by atoms with E-state index in [0.717, 1.165) is 31.6 Å². The Hall–Kier alpha value is -2.81. The van der Waals surface area contributed by atoms with Crippen LogP contribution >= 0.6 is 0 Å². The molecule has 0 saturated carbocycles. The molecule has 0 aliphatic heterocycles. The average molecular weight is 367 g/mol. The van der Waals surface area contributed by atoms with Crippen molar-refractivity contribution in [3.63, 3.8) is 0 Å². The van der Waals surface area contributed by atoms with Gasteiger partial charge in [-0.25, -0.2) is 4.68 Å². The van der Waals surface area contributed by atoms with Crippen LogP contribution in [0.1, 0.15) is 56.5 Å². The Labute approximate surface area is 161 Å². The molecule has 0 spiro atoms. The van der Waals surface area contributed by atoms with Crippen LogP contribution in [0.2, 0.25) is 0 Å². The van der Waals surface area contributed by atoms with Crippen LogP contribution in [-0.4, -0.2) is 33.7 Å². The second-order valence-electron chi connectivity index (χ2n) is 7.67. The summed E-state index contributed by atoms with van der Waals surface area (Å²) in [5, 5.41) is 13.1. The number of aromatic nitrogens is 2. The number of anilines is 1. The Kier molecular flexibility index (Phi) is 7.00. The standard InChI is InChI=1S/C21H29N5O/c1-15(2)9-11-25(12-10-16(3)4)21(27)17-5-7-19(8-6-17)26-20(23)18(13-22)14-24-26/h5-8,14-16H,9-12,23H2,1-4H3. The van der Waals surface area contributed by atoms with Crippen molar-refractivity contribution < 1.29 is 4.79 Å². The van der Waals surface area contributed by atoms with Gasteiger partial charge in [-0.05, 0) is 48.9 Å². The van der Waals surface area contributed by atoms with Crippen molar-refractivity contribution in [1.29, 1.82) is 5.26 Å². The molecule has 0 saturated heterocycles. The van der Waals surface area contributed by atoms with Crippen molar-refractivity contribution in [2.45, 2.75) is 40.5 Å². The molecule has 1 amide bonds. The minimum Gasteiger partial charge on any atom is -0.382 e. The first-order valence-corrected chi connectivity index (χ1v) is 9.46. The highest BCUT2D eigenvalue weighted by Crippen LogP contribution is 2.18. The van der Waals surface area contributed by atoms with Crippen molar-refractivity contribution in [3.05, 3.63) is 41.6 Å². The summed E-state index contributed by atoms with van der Waals surface area (Å²) in [6.07, 6.45) is 3.42. The Balaban J connectivity index is 2.17. The molecule has 0 atom stereocenters. The fourth-order valence-corrected chi connectivity index (χ4v) is 2.72. The third kappa shape index (κ3) is 5.33. The highest BCUT2D eigenvalue weighted by Gasteiger charge is 2.17. The number of nitrogens with two attached hydrogens (primary N) is 1. The lowest BCUT2D eigenvalue weighted by atomic mass is 10.1. The smallest absolute Gasteiger partial charge is 0.253 e. The van der Waals surface area contributed by atoms with Crippen LogP contribution in [0.5, 0.6) is 0 Å². The number of nitrogen functional groups attached to an aromatic ring is 1. The SMILES string of the molecule is CC(C)CCN(CCC(C)C)C(=O)c1ccc(-n2ncc(C#N)c2N)cc1. The Morgan fingerprint density at radius 2 is 1.70 bits per heavy atom. The molecule has 0 radical (unpaired) electrons. The summed E-state index contributed by atoms with van der Waals surface area (Å²) in [5.41, 5.74) is 7.64. The zero-order chi connectivity index (χ0) is 20.0. The predicted molar refractivity (Wildman–Crippen MR) is 108 cm³/mol. The Morgan fingerprint density at radius 1 is 1.15 bits per heavy atom. The Morgan fingerprint density at radius 3 is 2.15 bits per heavy atom. The van der Waals surface area contributed by atoms with E-state index in [9.17, 15) is 4.79 Å². The van der Waals surface area contributed by atoms with Crippen molar-refractivity contribution in [2.24, 2.45) is 11.8 Å². The first-order chi connectivity index (χ1) is 12.8. The minimum absolute atomic E-state index is 0.0500. The van der Waals surface area contributed by atoms with E-state index in [4.69, 9.17) is 11.0 Å². The lowest BCUT2D eigenvalue weighted by Gasteiger charge is -2.24. The van der Waals surface area contributed by atoms with Gasteiger partial charge < -0.3 is 10.6 Å². The van der Waals surface area contributed by atoms with Crippen LogP contribution in [0.3, 0.4) is 0 Å². The molecule has 6 nitrogen and oxygen atoms in total. The van der Waals surface area contributed by atoms with Gasteiger partial charge in [-0.1, -0.05) is 27.7 Å². The summed E-state index contributed by atoms with van der Waals surface area (Å²) in [7, 11) is 0. The number of carbonyl (C=O) groups excluding carboxylic acids is 1. The van der Waals surface area contributed by atoms with E-state index in [1.165, 1.54) is 10.9 Å². The van der Waals surface area contributed by atoms with E-state index in [0.29, 0.717) is 28.8 Å². The second-order valence-corrected chi connectivity index (χ2v) is 7.67. The van der Waals surface area contributed by atoms with Gasteiger partial charge >= 0.3 is 0 Å². The maximum atomic E-state index is 13.0. The van der Waals surface area contributed by atoms with Crippen molar-refractivity contribution in [3.8, 4) is 11.8 Å². The van der Waals surface area contributed by atoms with Gasteiger partial charge in [0, 0.05) is 18.7 Å². The van der Waals surface area contributed by atoms with Crippen molar-refractivity contribution in [2.75, 3.05) is 18.8 Å². The molecule has 144 valence electrons. The van der Waals surface area contributed by atoms with Crippen LogP contribution in [0.25, 0.3) is 5.69 Å². The third-order valence-corrected chi connectivity index (χ3v) is 4.53. The molecule has 2 rings (SSSR count). The molecule has 1 heterocycles. The summed E-state index contributed by atoms with van der Waals surface area (Å²) in [4.78, 5) is 14.9. The zero-order valence-corrected chi connectivity index (χ0v) is 16.6. The number of hydrogen-bond donors (Lipinski definition) is 1. The zero-order valence-electron chi connectivity index (χ0n) is 16.6. The van der Waals surface area contributed by atoms with Gasteiger partial charge in [0.25, 0.3) is 5.91 Å². The van der Waals surface area contributed by atoms with Crippen LogP contribution in [0, 0.1) is 23.2 Å². The van der Waals surface area contributed by atoms with Gasteiger partial charge in [-0.3, -0.25) is 4.79 Å². The van der Waals surface area contributed by atoms with Crippen molar-refractivity contribution >= 4 is 11.7 Å². The fourth-order valence-electron chi connectivity index (χ4n) is 2.72. The lowest BCUT2D eigenvalue weighted by molar-refractivity contribution is 0.0741. The van der Waals surface area contributed by atoms with E-state index in [1.54, 1.807) is 24.3 Å². The van der Waals surface area contributed by atoms with E-state index >= 15 is 0 Å². The van der Waals surface area contributed by atoms with Gasteiger partial charge in [0.2, 0.25) is 0 Å². The summed E-state index contributed by atoms with van der Waals surface area (Å²) < 4.78 is 1.50. The Bertz CT molecular complexity index is 787. The minimum atomic E-state index is 0.0500. The maximum absolute atomic E-state index is 13.0. The van der Waals surface area contributed by atoms with E-state index in [2.05, 4.69) is 32.8 Å². The highest BCUT2D eigenvalue weighted by molar-refractivity contribution is 5.94. The number of nitriles is 1. The second kappa shape index (κ2) is 9.22. The number of carbonyl (C=O) groups is 1. The molecule has 1 aromatic heterocycles. The average Bonchev–Trinajstić information content (AvgIpc) is 3.01. The molecular formula is C21H29N5O. The number of rotatable bonds is 8. The van der Waals surface area contributed by atoms with E-state index in [-0.39, 0.29) is 5.91 Å². The summed E-state index contributed by atoms with van der Waals surface area (Å²) in [6, 6.07) is 9.21. The normalized spacial score (nSPS) is 11.0. The number of hydrogen-bond acceptors (Lipinski definition) is 4. The quantitative estimate of drug-likeness (QED) is 0.767. The topological polar surface area (TPSA) is 87.9 Å². The summed E-state index contributed by atoms with van der Waals surface area (Å²) >= 11 is 0. The van der Waals surface area contributed by atoms with E-state index in [1.807, 2.05) is 11.0 Å². The molecule has 0 aliphatic rings. The van der Waals surface area contributed by atoms with Crippen LogP contribution in [0.15, 0.2) is 30.5 Å². The highest BCUT2D eigenvalue weighted by atomic mass is 16.2. The molecule has 1 aromatic carbocycles. The monoisotopic (exact) mass is 367 g/mol. The first-order valence-electron chi connectivity index (χ1n) is 9.46. The third-order valence-electron chi connectivity index (χ3n) is 4.53. The van der Waals surface area contributed by atoms with E-state index < -0.39 is 0 Å². The molecule has 0 fully saturated rings. The predicted octanol–water partition coefficient (Wildman–Crippen LogP) is 3.86. The first kappa shape index (κ1) is 20.5. The molecule has 0 bridgehead atoms. The number of nitrogens with zero attached hydrogens (tertiary/aromatic N) is 4. The van der Waals surface area contributed by atoms with Crippen LogP contribution in [-0.2, 0) is 0 Å². The number of amides is 1. The largest absolute Gasteiger partial charge is 0.382 e. The van der Waals surface area contributed by atoms with Gasteiger partial charge in [0.1, 0.15) is 17.5 Å². The molecule has 0 unspecified atom stereocenters. The van der Waals surface area contributed by atoms with Crippen molar-refractivity contribution in [1.82, 2.24) is 14.7 Å². The molecule has 27 heavy (non-hydrogen) atoms. The summed E-state index contributed by atoms with van der Waals surface area (Å²) in [5.74, 6) is 1.46. The van der Waals surface area contributed by atoms with Gasteiger partial charge in [-0.15, -0.1) is 0 Å². The molecular weight excluding hydrogens is 338 g/mol. The van der Waals surface area contributed by atoms with Crippen LogP contribution < -0.4 is 5.73 Å². The van der Waals surface area contributed by atoms with Gasteiger partial charge in [-0.2, -0.15) is 10.4 Å². The maximum Gasteiger partial charge on any atom is 0.253 e. The molecule has 0 aliphatic carbocycles. The molecule has 2 N–H and O–H groups in total. The number of benzene rings is 1.